The average Bonchev–Trinajstić information content (AvgIpc) is 2.44. The largest absolute Gasteiger partial charge is 0.479 e. The van der Waals surface area contributed by atoms with Crippen molar-refractivity contribution >= 4 is 11.9 Å². The van der Waals surface area contributed by atoms with Crippen molar-refractivity contribution in [3.63, 3.8) is 0 Å². The van der Waals surface area contributed by atoms with Crippen LogP contribution in [0.4, 0.5) is 0 Å². The molecule has 2 N–H and O–H groups in total. The van der Waals surface area contributed by atoms with E-state index in [1.165, 1.54) is 6.92 Å². The predicted octanol–water partition coefficient (Wildman–Crippen LogP) is 1.29. The number of rotatable bonds is 3. The molecule has 1 unspecified atom stereocenters. The molecule has 0 aromatic heterocycles. The van der Waals surface area contributed by atoms with Gasteiger partial charge in [-0.25, -0.2) is 9.59 Å². The zero-order valence-corrected chi connectivity index (χ0v) is 8.68. The predicted molar refractivity (Wildman–Crippen MR) is 50.4 cm³/mol. The first-order chi connectivity index (χ1) is 6.80. The first-order valence-electron chi connectivity index (χ1n) is 4.45. The van der Waals surface area contributed by atoms with Gasteiger partial charge < -0.3 is 10.2 Å². The summed E-state index contributed by atoms with van der Waals surface area (Å²) in [7, 11) is 0. The van der Waals surface area contributed by atoms with E-state index in [-0.39, 0.29) is 17.2 Å². The van der Waals surface area contributed by atoms with E-state index in [4.69, 9.17) is 10.2 Å². The standard InChI is InChI=1S/C9H12N2O4/c1-4(2)6-5(7(12)13)9(3,8(14)15)11-10-6/h4H,1-3H3,(H,12,13)(H,14,15). The van der Waals surface area contributed by atoms with Crippen LogP contribution in [-0.2, 0) is 9.59 Å². The average molecular weight is 212 g/mol. The van der Waals surface area contributed by atoms with Gasteiger partial charge in [0.25, 0.3) is 0 Å². The lowest BCUT2D eigenvalue weighted by Crippen LogP contribution is -2.37. The van der Waals surface area contributed by atoms with Crippen LogP contribution in [0.2, 0.25) is 0 Å². The minimum absolute atomic E-state index is 0.166. The number of hydrogen-bond donors (Lipinski definition) is 2. The molecule has 0 aromatic rings. The summed E-state index contributed by atoms with van der Waals surface area (Å²) in [6.45, 7) is 4.72. The molecule has 1 aliphatic heterocycles. The smallest absolute Gasteiger partial charge is 0.338 e. The third kappa shape index (κ3) is 1.62. The summed E-state index contributed by atoms with van der Waals surface area (Å²) < 4.78 is 0. The van der Waals surface area contributed by atoms with Gasteiger partial charge in [0.2, 0.25) is 5.54 Å². The van der Waals surface area contributed by atoms with Crippen molar-refractivity contribution in [3.8, 4) is 0 Å². The van der Waals surface area contributed by atoms with Gasteiger partial charge in [0.05, 0.1) is 5.70 Å². The van der Waals surface area contributed by atoms with Gasteiger partial charge in [-0.05, 0) is 12.8 Å². The second kappa shape index (κ2) is 3.45. The number of carboxylic acids is 2. The molecule has 82 valence electrons. The maximum atomic E-state index is 11.0. The number of carboxylic acid groups (broad SMARTS) is 2. The molecule has 6 nitrogen and oxygen atoms in total. The van der Waals surface area contributed by atoms with E-state index >= 15 is 0 Å². The molecular weight excluding hydrogens is 200 g/mol. The Bertz CT molecular complexity index is 384. The fourth-order valence-corrected chi connectivity index (χ4v) is 1.37. The Morgan fingerprint density at radius 3 is 2.20 bits per heavy atom. The quantitative estimate of drug-likeness (QED) is 0.736. The molecule has 1 rings (SSSR count). The molecule has 1 heterocycles. The molecule has 0 saturated carbocycles. The molecular formula is C9H12N2O4. The lowest BCUT2D eigenvalue weighted by atomic mass is 9.89. The minimum atomic E-state index is -1.76. The van der Waals surface area contributed by atoms with Gasteiger partial charge in [0, 0.05) is 0 Å². The SMILES string of the molecule is CC(C)C1=C(C(=O)O)C(C)(C(=O)O)N=N1. The van der Waals surface area contributed by atoms with E-state index in [9.17, 15) is 9.59 Å². The van der Waals surface area contributed by atoms with Gasteiger partial charge in [0.15, 0.2) is 0 Å². The molecule has 0 fully saturated rings. The molecule has 0 bridgehead atoms. The summed E-state index contributed by atoms with van der Waals surface area (Å²) in [6, 6.07) is 0. The van der Waals surface area contributed by atoms with Crippen LogP contribution in [0.25, 0.3) is 0 Å². The molecule has 15 heavy (non-hydrogen) atoms. The Hall–Kier alpha value is -1.72. The summed E-state index contributed by atoms with van der Waals surface area (Å²) in [5, 5.41) is 25.1. The fraction of sp³-hybridized carbons (Fsp3) is 0.556. The lowest BCUT2D eigenvalue weighted by Gasteiger charge is -2.15. The Morgan fingerprint density at radius 1 is 1.33 bits per heavy atom. The van der Waals surface area contributed by atoms with Crippen LogP contribution >= 0.6 is 0 Å². The normalized spacial score (nSPS) is 25.1. The van der Waals surface area contributed by atoms with Crippen LogP contribution in [0, 0.1) is 5.92 Å². The van der Waals surface area contributed by atoms with Crippen LogP contribution in [0.1, 0.15) is 20.8 Å². The summed E-state index contributed by atoms with van der Waals surface area (Å²) in [5.74, 6) is -2.76. The monoisotopic (exact) mass is 212 g/mol. The van der Waals surface area contributed by atoms with Crippen LogP contribution in [0.15, 0.2) is 21.5 Å². The highest BCUT2D eigenvalue weighted by Crippen LogP contribution is 2.35. The van der Waals surface area contributed by atoms with E-state index in [0.717, 1.165) is 0 Å². The minimum Gasteiger partial charge on any atom is -0.479 e. The second-order valence-corrected chi connectivity index (χ2v) is 3.80. The second-order valence-electron chi connectivity index (χ2n) is 3.80. The molecule has 1 aliphatic rings. The van der Waals surface area contributed by atoms with Gasteiger partial charge in [-0.2, -0.15) is 10.2 Å². The van der Waals surface area contributed by atoms with E-state index in [0.29, 0.717) is 0 Å². The Kier molecular flexibility index (Phi) is 2.61. The first-order valence-corrected chi connectivity index (χ1v) is 4.45. The van der Waals surface area contributed by atoms with Crippen molar-refractivity contribution in [1.29, 1.82) is 0 Å². The third-order valence-corrected chi connectivity index (χ3v) is 2.28. The number of carbonyl (C=O) groups is 2. The topological polar surface area (TPSA) is 99.3 Å². The summed E-state index contributed by atoms with van der Waals surface area (Å²) in [5.41, 5.74) is -1.77. The van der Waals surface area contributed by atoms with Gasteiger partial charge in [-0.15, -0.1) is 0 Å². The third-order valence-electron chi connectivity index (χ3n) is 2.28. The van der Waals surface area contributed by atoms with E-state index < -0.39 is 17.5 Å². The fourth-order valence-electron chi connectivity index (χ4n) is 1.37. The molecule has 0 spiro atoms. The first kappa shape index (κ1) is 11.4. The molecule has 1 atom stereocenters. The summed E-state index contributed by atoms with van der Waals surface area (Å²) in [4.78, 5) is 22.0. The highest BCUT2D eigenvalue weighted by molar-refractivity contribution is 6.00. The Balaban J connectivity index is 3.35. The highest BCUT2D eigenvalue weighted by atomic mass is 16.4. The van der Waals surface area contributed by atoms with Gasteiger partial charge >= 0.3 is 11.9 Å². The van der Waals surface area contributed by atoms with Gasteiger partial charge in [0.1, 0.15) is 5.57 Å². The van der Waals surface area contributed by atoms with Crippen molar-refractivity contribution in [2.45, 2.75) is 26.3 Å². The van der Waals surface area contributed by atoms with Crippen LogP contribution < -0.4 is 0 Å². The zero-order valence-electron chi connectivity index (χ0n) is 8.68. The van der Waals surface area contributed by atoms with Crippen molar-refractivity contribution in [3.05, 3.63) is 11.3 Å². The number of nitrogens with zero attached hydrogens (tertiary/aromatic N) is 2. The molecule has 0 radical (unpaired) electrons. The van der Waals surface area contributed by atoms with Crippen molar-refractivity contribution < 1.29 is 19.8 Å². The van der Waals surface area contributed by atoms with Crippen LogP contribution in [0.3, 0.4) is 0 Å². The summed E-state index contributed by atoms with van der Waals surface area (Å²) in [6.07, 6.45) is 0. The maximum absolute atomic E-state index is 11.0. The number of aliphatic carboxylic acids is 2. The summed E-state index contributed by atoms with van der Waals surface area (Å²) >= 11 is 0. The van der Waals surface area contributed by atoms with Crippen molar-refractivity contribution in [2.24, 2.45) is 16.1 Å². The molecule has 0 aliphatic carbocycles. The Labute approximate surface area is 86.3 Å². The molecule has 0 saturated heterocycles. The van der Waals surface area contributed by atoms with E-state index in [1.807, 2.05) is 0 Å². The van der Waals surface area contributed by atoms with Gasteiger partial charge in [-0.1, -0.05) is 13.8 Å². The van der Waals surface area contributed by atoms with E-state index in [2.05, 4.69) is 10.2 Å². The molecule has 0 aromatic carbocycles. The maximum Gasteiger partial charge on any atom is 0.338 e. The number of hydrogen-bond acceptors (Lipinski definition) is 4. The lowest BCUT2D eigenvalue weighted by molar-refractivity contribution is -0.144. The van der Waals surface area contributed by atoms with E-state index in [1.54, 1.807) is 13.8 Å². The molecule has 0 amide bonds. The van der Waals surface area contributed by atoms with Crippen LogP contribution in [-0.4, -0.2) is 27.7 Å². The van der Waals surface area contributed by atoms with Crippen molar-refractivity contribution in [1.82, 2.24) is 0 Å². The Morgan fingerprint density at radius 2 is 1.87 bits per heavy atom. The zero-order chi connectivity index (χ0) is 11.8. The number of allylic oxidation sites excluding steroid dienone is 1. The highest BCUT2D eigenvalue weighted by Gasteiger charge is 2.47. The number of azo groups is 1. The van der Waals surface area contributed by atoms with Crippen LogP contribution in [0.5, 0.6) is 0 Å². The van der Waals surface area contributed by atoms with Crippen molar-refractivity contribution in [2.75, 3.05) is 0 Å². The van der Waals surface area contributed by atoms with Gasteiger partial charge in [-0.3, -0.25) is 0 Å². The molecule has 6 heteroatoms.